The largest absolute Gasteiger partial charge is 0.462 e. The molecule has 0 saturated carbocycles. The van der Waals surface area contributed by atoms with E-state index in [4.69, 9.17) is 14.2 Å². The molecule has 0 bridgehead atoms. The lowest BCUT2D eigenvalue weighted by atomic mass is 10.1. The number of ether oxygens (including phenoxy) is 3. The Balaban J connectivity index is 4.43. The van der Waals surface area contributed by atoms with Gasteiger partial charge in [-0.2, -0.15) is 0 Å². The predicted octanol–water partition coefficient (Wildman–Crippen LogP) is 16.4. The fraction of sp³-hybridized carbons (Fsp3) is 0.691. The second-order valence-corrected chi connectivity index (χ2v) is 16.3. The Morgan fingerprint density at radius 3 is 1.11 bits per heavy atom. The van der Waals surface area contributed by atoms with Gasteiger partial charge in [-0.15, -0.1) is 0 Å². The van der Waals surface area contributed by atoms with Crippen LogP contribution in [-0.2, 0) is 28.6 Å². The lowest BCUT2D eigenvalue weighted by Gasteiger charge is -2.18. The molecule has 0 aromatic heterocycles. The zero-order chi connectivity index (χ0) is 44.4. The minimum atomic E-state index is -0.804. The highest BCUT2D eigenvalue weighted by Gasteiger charge is 2.19. The summed E-state index contributed by atoms with van der Waals surface area (Å²) in [6, 6.07) is 0. The fourth-order valence-corrected chi connectivity index (χ4v) is 6.58. The van der Waals surface area contributed by atoms with Gasteiger partial charge < -0.3 is 14.2 Å². The van der Waals surface area contributed by atoms with Crippen LogP contribution < -0.4 is 0 Å². The van der Waals surface area contributed by atoms with Crippen LogP contribution in [0.25, 0.3) is 0 Å². The summed E-state index contributed by atoms with van der Waals surface area (Å²) in [4.78, 5) is 37.9. The molecule has 6 nitrogen and oxygen atoms in total. The first-order valence-electron chi connectivity index (χ1n) is 25.1. The number of hydrogen-bond acceptors (Lipinski definition) is 6. The first-order chi connectivity index (χ1) is 30.0. The number of unbranched alkanes of at least 4 members (excludes halogenated alkanes) is 19. The average Bonchev–Trinajstić information content (AvgIpc) is 3.26. The first-order valence-corrected chi connectivity index (χ1v) is 25.1. The van der Waals surface area contributed by atoms with Crippen LogP contribution >= 0.6 is 0 Å². The van der Waals surface area contributed by atoms with E-state index < -0.39 is 6.10 Å². The summed E-state index contributed by atoms with van der Waals surface area (Å²) in [5.41, 5.74) is 0. The maximum atomic E-state index is 12.8. The Kier molecular flexibility index (Phi) is 46.5. The van der Waals surface area contributed by atoms with Gasteiger partial charge in [-0.05, 0) is 109 Å². The SMILES string of the molecule is CC/C=C\C/C=C\C/C=C\C/C=C\CCCCC(=O)OC(COC(=O)CCCCCCC/C=C\CCC)COC(=O)CCCCCCCCC/C=C\C/C=C\CCCCCC. The summed E-state index contributed by atoms with van der Waals surface area (Å²) in [6.07, 6.45) is 62.8. The Labute approximate surface area is 375 Å². The quantitative estimate of drug-likeness (QED) is 0.0263. The van der Waals surface area contributed by atoms with E-state index in [9.17, 15) is 14.4 Å². The summed E-state index contributed by atoms with van der Waals surface area (Å²) >= 11 is 0. The van der Waals surface area contributed by atoms with Crippen molar-refractivity contribution in [3.8, 4) is 0 Å². The van der Waals surface area contributed by atoms with Crippen LogP contribution in [0.15, 0.2) is 85.1 Å². The molecular weight excluding hydrogens is 757 g/mol. The number of rotatable bonds is 44. The molecule has 1 atom stereocenters. The predicted molar refractivity (Wildman–Crippen MR) is 261 cm³/mol. The van der Waals surface area contributed by atoms with Gasteiger partial charge in [-0.3, -0.25) is 14.4 Å². The number of esters is 3. The van der Waals surface area contributed by atoms with E-state index in [1.807, 2.05) is 0 Å². The molecular formula is C55H92O6. The Hall–Kier alpha value is -3.41. The minimum absolute atomic E-state index is 0.101. The molecule has 0 aliphatic rings. The van der Waals surface area contributed by atoms with Gasteiger partial charge in [0.15, 0.2) is 6.10 Å². The molecule has 61 heavy (non-hydrogen) atoms. The highest BCUT2D eigenvalue weighted by molar-refractivity contribution is 5.71. The van der Waals surface area contributed by atoms with E-state index >= 15 is 0 Å². The third kappa shape index (κ3) is 47.5. The third-order valence-corrected chi connectivity index (χ3v) is 10.3. The lowest BCUT2D eigenvalue weighted by molar-refractivity contribution is -0.167. The van der Waals surface area contributed by atoms with E-state index in [-0.39, 0.29) is 37.5 Å². The van der Waals surface area contributed by atoms with E-state index in [1.165, 1.54) is 70.6 Å². The summed E-state index contributed by atoms with van der Waals surface area (Å²) in [5, 5.41) is 0. The normalized spacial score (nSPS) is 12.8. The molecule has 6 heteroatoms. The summed E-state index contributed by atoms with van der Waals surface area (Å²) in [6.45, 7) is 6.38. The van der Waals surface area contributed by atoms with Gasteiger partial charge in [0.2, 0.25) is 0 Å². The lowest BCUT2D eigenvalue weighted by Crippen LogP contribution is -2.30. The van der Waals surface area contributed by atoms with E-state index in [0.29, 0.717) is 19.3 Å². The fourth-order valence-electron chi connectivity index (χ4n) is 6.58. The molecule has 0 N–H and O–H groups in total. The topological polar surface area (TPSA) is 78.9 Å². The molecule has 0 aliphatic heterocycles. The second-order valence-electron chi connectivity index (χ2n) is 16.3. The highest BCUT2D eigenvalue weighted by Crippen LogP contribution is 2.13. The molecule has 0 heterocycles. The van der Waals surface area contributed by atoms with Gasteiger partial charge in [-0.1, -0.05) is 183 Å². The van der Waals surface area contributed by atoms with Crippen molar-refractivity contribution in [1.29, 1.82) is 0 Å². The van der Waals surface area contributed by atoms with Crippen LogP contribution in [0.5, 0.6) is 0 Å². The van der Waals surface area contributed by atoms with Crippen molar-refractivity contribution < 1.29 is 28.6 Å². The average molecular weight is 849 g/mol. The van der Waals surface area contributed by atoms with Crippen LogP contribution in [0, 0.1) is 0 Å². The maximum absolute atomic E-state index is 12.8. The number of carbonyl (C=O) groups is 3. The van der Waals surface area contributed by atoms with Crippen LogP contribution in [0.4, 0.5) is 0 Å². The zero-order valence-corrected chi connectivity index (χ0v) is 39.7. The van der Waals surface area contributed by atoms with Gasteiger partial charge in [0.25, 0.3) is 0 Å². The van der Waals surface area contributed by atoms with Crippen molar-refractivity contribution in [3.05, 3.63) is 85.1 Å². The van der Waals surface area contributed by atoms with Crippen molar-refractivity contribution in [2.45, 2.75) is 232 Å². The number of allylic oxidation sites excluding steroid dienone is 14. The second kappa shape index (κ2) is 49.2. The molecule has 0 rings (SSSR count). The van der Waals surface area contributed by atoms with E-state index in [1.54, 1.807) is 0 Å². The molecule has 1 unspecified atom stereocenters. The van der Waals surface area contributed by atoms with Gasteiger partial charge in [0.05, 0.1) is 0 Å². The summed E-state index contributed by atoms with van der Waals surface area (Å²) in [7, 11) is 0. The molecule has 348 valence electrons. The van der Waals surface area contributed by atoms with Crippen molar-refractivity contribution in [3.63, 3.8) is 0 Å². The number of carbonyl (C=O) groups excluding carboxylic acids is 3. The van der Waals surface area contributed by atoms with Crippen LogP contribution in [0.3, 0.4) is 0 Å². The highest BCUT2D eigenvalue weighted by atomic mass is 16.6. The molecule has 0 radical (unpaired) electrons. The van der Waals surface area contributed by atoms with Crippen molar-refractivity contribution in [2.75, 3.05) is 13.2 Å². The Morgan fingerprint density at radius 1 is 0.344 bits per heavy atom. The third-order valence-electron chi connectivity index (χ3n) is 10.3. The Bertz CT molecular complexity index is 1200. The molecule has 0 saturated heterocycles. The molecule has 0 aromatic rings. The molecule has 0 fully saturated rings. The Morgan fingerprint density at radius 2 is 0.672 bits per heavy atom. The van der Waals surface area contributed by atoms with Gasteiger partial charge in [0.1, 0.15) is 13.2 Å². The van der Waals surface area contributed by atoms with Crippen molar-refractivity contribution in [1.82, 2.24) is 0 Å². The standard InChI is InChI=1S/C55H92O6/c1-4-7-10-13-16-19-22-24-26-27-28-30-31-33-36-39-42-45-48-54(57)60-51-52(50-59-53(56)47-44-41-38-35-21-18-15-12-9-6-3)61-55(58)49-46-43-40-37-34-32-29-25-23-20-17-14-11-8-5-2/h8,11-12,15,17,19-20,22,25-27,29,34,37,52H,4-7,9-10,13-14,16,18,21,23-24,28,30-33,35-36,38-51H2,1-3H3/b11-8-,15-12-,20-17-,22-19-,27-26-,29-25-,37-34-. The van der Waals surface area contributed by atoms with Crippen molar-refractivity contribution in [2.24, 2.45) is 0 Å². The number of hydrogen-bond donors (Lipinski definition) is 0. The monoisotopic (exact) mass is 849 g/mol. The van der Waals surface area contributed by atoms with Crippen LogP contribution in [-0.4, -0.2) is 37.2 Å². The van der Waals surface area contributed by atoms with E-state index in [2.05, 4.69) is 106 Å². The van der Waals surface area contributed by atoms with E-state index in [0.717, 1.165) is 109 Å². The minimum Gasteiger partial charge on any atom is -0.462 e. The smallest absolute Gasteiger partial charge is 0.306 e. The van der Waals surface area contributed by atoms with Crippen LogP contribution in [0.1, 0.15) is 226 Å². The summed E-state index contributed by atoms with van der Waals surface area (Å²) < 4.78 is 16.7. The molecule has 0 aromatic carbocycles. The van der Waals surface area contributed by atoms with Crippen molar-refractivity contribution >= 4 is 17.9 Å². The first kappa shape index (κ1) is 57.6. The van der Waals surface area contributed by atoms with Gasteiger partial charge in [0, 0.05) is 19.3 Å². The van der Waals surface area contributed by atoms with Crippen LogP contribution in [0.2, 0.25) is 0 Å². The van der Waals surface area contributed by atoms with Gasteiger partial charge in [-0.25, -0.2) is 0 Å². The molecule has 0 amide bonds. The molecule has 0 spiro atoms. The zero-order valence-electron chi connectivity index (χ0n) is 39.7. The summed E-state index contributed by atoms with van der Waals surface area (Å²) in [5.74, 6) is -0.965. The van der Waals surface area contributed by atoms with Gasteiger partial charge >= 0.3 is 17.9 Å². The molecule has 0 aliphatic carbocycles. The maximum Gasteiger partial charge on any atom is 0.306 e.